The van der Waals surface area contributed by atoms with Crippen LogP contribution in [0, 0.1) is 6.92 Å². The molecule has 27 heavy (non-hydrogen) atoms. The smallest absolute Gasteiger partial charge is 0.330 e. The van der Waals surface area contributed by atoms with Gasteiger partial charge in [0.2, 0.25) is 0 Å². The molecule has 0 aliphatic carbocycles. The van der Waals surface area contributed by atoms with E-state index in [0.29, 0.717) is 16.6 Å². The number of rotatable bonds is 6. The minimum absolute atomic E-state index is 0.409. The fourth-order valence-corrected chi connectivity index (χ4v) is 2.61. The number of benzene rings is 2. The van der Waals surface area contributed by atoms with Gasteiger partial charge in [0.15, 0.2) is 5.58 Å². The highest BCUT2D eigenvalue weighted by Gasteiger charge is 2.35. The zero-order valence-electron chi connectivity index (χ0n) is 16.1. The predicted molar refractivity (Wildman–Crippen MR) is 110 cm³/mol. The molecule has 0 amide bonds. The molecule has 1 radical (unpaired) electrons. The van der Waals surface area contributed by atoms with E-state index >= 15 is 0 Å². The van der Waals surface area contributed by atoms with Gasteiger partial charge in [0.05, 0.1) is 11.2 Å². The lowest BCUT2D eigenvalue weighted by atomic mass is 9.82. The number of aliphatic hydroxyl groups is 1. The average molecular weight is 386 g/mol. The highest BCUT2D eigenvalue weighted by atomic mass is 35.5. The van der Waals surface area contributed by atoms with E-state index in [0.717, 1.165) is 22.2 Å². The van der Waals surface area contributed by atoms with Crippen molar-refractivity contribution in [1.82, 2.24) is 4.98 Å². The maximum Gasteiger partial charge on any atom is 0.330 e. The number of hydrogen-bond acceptors (Lipinski definition) is 5. The Morgan fingerprint density at radius 1 is 1.15 bits per heavy atom. The molecule has 0 aliphatic heterocycles. The molecule has 0 unspecified atom stereocenters. The summed E-state index contributed by atoms with van der Waals surface area (Å²) >= 11 is 6.07. The molecule has 0 fully saturated rings. The molecule has 1 aromatic heterocycles. The zero-order chi connectivity index (χ0) is 19.8. The standard InChI is InChI=1S/C20H23BClN2O3/c1-12-10-14(22)11-16-17(12)26-18(24-16)23-15-8-6-13(7-9-15)21-27-20(4,5)19(2,3)25/h6-11,25H,1-5H3,(H,23,24). The lowest BCUT2D eigenvalue weighted by Crippen LogP contribution is -2.49. The number of aryl methyl sites for hydroxylation is 1. The third kappa shape index (κ3) is 4.46. The summed E-state index contributed by atoms with van der Waals surface area (Å²) in [4.78, 5) is 4.43. The first-order valence-corrected chi connectivity index (χ1v) is 9.10. The van der Waals surface area contributed by atoms with Crippen molar-refractivity contribution >= 4 is 47.3 Å². The Kier molecular flexibility index (Phi) is 5.26. The van der Waals surface area contributed by atoms with Crippen molar-refractivity contribution in [3.63, 3.8) is 0 Å². The van der Waals surface area contributed by atoms with Crippen molar-refractivity contribution in [1.29, 1.82) is 0 Å². The highest BCUT2D eigenvalue weighted by Crippen LogP contribution is 2.27. The third-order valence-corrected chi connectivity index (χ3v) is 4.98. The van der Waals surface area contributed by atoms with Gasteiger partial charge >= 0.3 is 7.48 Å². The molecule has 2 N–H and O–H groups in total. The number of hydrogen-bond donors (Lipinski definition) is 2. The molecular formula is C20H23BClN2O3. The van der Waals surface area contributed by atoms with Crippen LogP contribution in [0.5, 0.6) is 0 Å². The second-order valence-electron chi connectivity index (χ2n) is 7.64. The summed E-state index contributed by atoms with van der Waals surface area (Å²) in [7, 11) is 1.65. The summed E-state index contributed by atoms with van der Waals surface area (Å²) < 4.78 is 11.5. The molecule has 2 aromatic carbocycles. The molecule has 0 spiro atoms. The van der Waals surface area contributed by atoms with Crippen LogP contribution in [0.25, 0.3) is 11.1 Å². The lowest BCUT2D eigenvalue weighted by molar-refractivity contribution is -0.0893. The summed E-state index contributed by atoms with van der Waals surface area (Å²) in [6, 6.07) is 11.7. The predicted octanol–water partition coefficient (Wildman–Crippen LogP) is 4.34. The van der Waals surface area contributed by atoms with E-state index in [4.69, 9.17) is 20.7 Å². The van der Waals surface area contributed by atoms with Crippen molar-refractivity contribution in [2.75, 3.05) is 5.32 Å². The van der Waals surface area contributed by atoms with Gasteiger partial charge in [-0.1, -0.05) is 29.2 Å². The normalized spacial score (nSPS) is 12.4. The van der Waals surface area contributed by atoms with Crippen LogP contribution in [0.3, 0.4) is 0 Å². The maximum atomic E-state index is 10.1. The van der Waals surface area contributed by atoms with E-state index in [2.05, 4.69) is 10.3 Å². The molecular weight excluding hydrogens is 362 g/mol. The number of aromatic nitrogens is 1. The Morgan fingerprint density at radius 3 is 2.44 bits per heavy atom. The minimum Gasteiger partial charge on any atom is -0.427 e. The van der Waals surface area contributed by atoms with Gasteiger partial charge in [0.1, 0.15) is 5.52 Å². The van der Waals surface area contributed by atoms with Crippen LogP contribution < -0.4 is 10.8 Å². The van der Waals surface area contributed by atoms with Gasteiger partial charge in [0.25, 0.3) is 6.01 Å². The number of anilines is 2. The summed E-state index contributed by atoms with van der Waals surface area (Å²) in [5.74, 6) is 0. The Hall–Kier alpha value is -2.02. The number of nitrogens with one attached hydrogen (secondary N) is 1. The first-order valence-electron chi connectivity index (χ1n) is 8.72. The SMILES string of the molecule is Cc1cc(Cl)cc2nc(Nc3ccc([B]OC(C)(C)C(C)(C)O)cc3)oc12. The van der Waals surface area contributed by atoms with Gasteiger partial charge in [-0.2, -0.15) is 4.98 Å². The highest BCUT2D eigenvalue weighted by molar-refractivity contribution is 6.47. The van der Waals surface area contributed by atoms with Crippen LogP contribution in [-0.2, 0) is 4.65 Å². The quantitative estimate of drug-likeness (QED) is 0.618. The van der Waals surface area contributed by atoms with Crippen LogP contribution in [-0.4, -0.2) is 28.8 Å². The molecule has 3 rings (SSSR count). The number of oxazole rings is 1. The van der Waals surface area contributed by atoms with Gasteiger partial charge in [0, 0.05) is 10.7 Å². The van der Waals surface area contributed by atoms with E-state index in [9.17, 15) is 5.11 Å². The Labute approximate surface area is 165 Å². The fraction of sp³-hybridized carbons (Fsp3) is 0.350. The minimum atomic E-state index is -0.959. The van der Waals surface area contributed by atoms with E-state index < -0.39 is 11.2 Å². The van der Waals surface area contributed by atoms with Gasteiger partial charge in [-0.25, -0.2) is 0 Å². The van der Waals surface area contributed by atoms with Gasteiger partial charge in [-0.05, 0) is 64.4 Å². The molecule has 7 heteroatoms. The topological polar surface area (TPSA) is 67.5 Å². The van der Waals surface area contributed by atoms with Crippen LogP contribution >= 0.6 is 11.6 Å². The first kappa shape index (κ1) is 19.7. The average Bonchev–Trinajstić information content (AvgIpc) is 2.96. The summed E-state index contributed by atoms with van der Waals surface area (Å²) in [5, 5.41) is 13.9. The molecule has 0 aliphatic rings. The largest absolute Gasteiger partial charge is 0.427 e. The second kappa shape index (κ2) is 7.19. The van der Waals surface area contributed by atoms with Crippen LogP contribution in [0.1, 0.15) is 33.3 Å². The van der Waals surface area contributed by atoms with E-state index in [1.807, 2.05) is 51.1 Å². The molecule has 141 valence electrons. The van der Waals surface area contributed by atoms with Crippen molar-refractivity contribution in [2.45, 2.75) is 45.8 Å². The number of nitrogens with zero attached hydrogens (tertiary/aromatic N) is 1. The first-order chi connectivity index (χ1) is 12.5. The Morgan fingerprint density at radius 2 is 1.81 bits per heavy atom. The molecule has 3 aromatic rings. The summed E-state index contributed by atoms with van der Waals surface area (Å²) in [6.45, 7) is 9.08. The zero-order valence-corrected chi connectivity index (χ0v) is 16.9. The third-order valence-electron chi connectivity index (χ3n) is 4.77. The summed E-state index contributed by atoms with van der Waals surface area (Å²) in [5.41, 5.74) is 2.43. The van der Waals surface area contributed by atoms with Gasteiger partial charge in [-0.3, -0.25) is 0 Å². The molecule has 5 nitrogen and oxygen atoms in total. The lowest BCUT2D eigenvalue weighted by Gasteiger charge is -2.37. The fourth-order valence-electron chi connectivity index (χ4n) is 2.34. The molecule has 1 heterocycles. The van der Waals surface area contributed by atoms with Crippen LogP contribution in [0.4, 0.5) is 11.7 Å². The molecule has 0 bridgehead atoms. The van der Waals surface area contributed by atoms with E-state index in [1.54, 1.807) is 27.4 Å². The molecule has 0 atom stereocenters. The van der Waals surface area contributed by atoms with Crippen LogP contribution in [0.15, 0.2) is 40.8 Å². The van der Waals surface area contributed by atoms with Crippen molar-refractivity contribution in [2.24, 2.45) is 0 Å². The number of halogens is 1. The van der Waals surface area contributed by atoms with Gasteiger partial charge < -0.3 is 19.5 Å². The van der Waals surface area contributed by atoms with E-state index in [-0.39, 0.29) is 0 Å². The molecule has 0 saturated heterocycles. The number of fused-ring (bicyclic) bond motifs is 1. The maximum absolute atomic E-state index is 10.1. The molecule has 0 saturated carbocycles. The van der Waals surface area contributed by atoms with E-state index in [1.165, 1.54) is 0 Å². The van der Waals surface area contributed by atoms with Crippen molar-refractivity contribution in [3.05, 3.63) is 47.0 Å². The Balaban J connectivity index is 1.68. The van der Waals surface area contributed by atoms with Crippen molar-refractivity contribution < 1.29 is 14.2 Å². The van der Waals surface area contributed by atoms with Crippen LogP contribution in [0.2, 0.25) is 5.02 Å². The van der Waals surface area contributed by atoms with Gasteiger partial charge in [-0.15, -0.1) is 0 Å². The van der Waals surface area contributed by atoms with Crippen molar-refractivity contribution in [3.8, 4) is 0 Å². The Bertz CT molecular complexity index is 946. The second-order valence-corrected chi connectivity index (χ2v) is 8.08. The summed E-state index contributed by atoms with van der Waals surface area (Å²) in [6.07, 6.45) is 0. The monoisotopic (exact) mass is 385 g/mol.